The lowest BCUT2D eigenvalue weighted by molar-refractivity contribution is 0.0429. The third kappa shape index (κ3) is 4.59. The van der Waals surface area contributed by atoms with Gasteiger partial charge in [0.05, 0.1) is 10.5 Å². The number of sulfonamides is 1. The Labute approximate surface area is 164 Å². The summed E-state index contributed by atoms with van der Waals surface area (Å²) < 4.78 is 37.2. The summed E-state index contributed by atoms with van der Waals surface area (Å²) in [6.07, 6.45) is 5.66. The van der Waals surface area contributed by atoms with Gasteiger partial charge in [0.1, 0.15) is 0 Å². The molecule has 0 unspecified atom stereocenters. The molecule has 9 heteroatoms. The molecule has 8 nitrogen and oxygen atoms in total. The van der Waals surface area contributed by atoms with E-state index in [0.717, 1.165) is 32.1 Å². The second-order valence-corrected chi connectivity index (χ2v) is 8.87. The summed E-state index contributed by atoms with van der Waals surface area (Å²) in [5.41, 5.74) is 0.259. The summed E-state index contributed by atoms with van der Waals surface area (Å²) in [6.45, 7) is 1.76. The van der Waals surface area contributed by atoms with Crippen molar-refractivity contribution in [2.75, 3.05) is 7.05 Å². The van der Waals surface area contributed by atoms with E-state index in [2.05, 4.69) is 10.1 Å². The van der Waals surface area contributed by atoms with Gasteiger partial charge in [0.15, 0.2) is 12.4 Å². The van der Waals surface area contributed by atoms with E-state index in [1.165, 1.54) is 28.6 Å². The Morgan fingerprint density at radius 2 is 1.89 bits per heavy atom. The molecule has 0 saturated heterocycles. The SMILES string of the molecule is CCc1noc(COC(=O)c2ccc(S(=O)(=O)N(C)C3CCCCC3)cc2)n1. The van der Waals surface area contributed by atoms with Gasteiger partial charge in [0.2, 0.25) is 10.0 Å². The number of nitrogens with zero attached hydrogens (tertiary/aromatic N) is 3. The molecule has 1 fully saturated rings. The van der Waals surface area contributed by atoms with Crippen molar-refractivity contribution in [2.24, 2.45) is 0 Å². The van der Waals surface area contributed by atoms with Crippen molar-refractivity contribution in [3.05, 3.63) is 41.5 Å². The summed E-state index contributed by atoms with van der Waals surface area (Å²) in [5.74, 6) is 0.182. The highest BCUT2D eigenvalue weighted by molar-refractivity contribution is 7.89. The van der Waals surface area contributed by atoms with Crippen LogP contribution >= 0.6 is 0 Å². The zero-order valence-electron chi connectivity index (χ0n) is 16.1. The predicted octanol–water partition coefficient (Wildman–Crippen LogP) is 2.94. The lowest BCUT2D eigenvalue weighted by Crippen LogP contribution is -2.38. The standard InChI is InChI=1S/C19H25N3O5S/c1-3-17-20-18(27-21-17)13-26-19(23)14-9-11-16(12-10-14)28(24,25)22(2)15-7-5-4-6-8-15/h9-12,15H,3-8,13H2,1-2H3. The quantitative estimate of drug-likeness (QED) is 0.650. The maximum atomic E-state index is 12.8. The molecule has 1 saturated carbocycles. The molecule has 0 atom stereocenters. The molecule has 1 aromatic carbocycles. The fourth-order valence-electron chi connectivity index (χ4n) is 3.27. The van der Waals surface area contributed by atoms with Crippen molar-refractivity contribution in [3.63, 3.8) is 0 Å². The molecule has 1 aliphatic rings. The van der Waals surface area contributed by atoms with Crippen LogP contribution in [0.5, 0.6) is 0 Å². The van der Waals surface area contributed by atoms with Crippen LogP contribution in [-0.4, -0.2) is 41.9 Å². The van der Waals surface area contributed by atoms with Gasteiger partial charge in [-0.1, -0.05) is 31.3 Å². The molecule has 0 aliphatic heterocycles. The highest BCUT2D eigenvalue weighted by Gasteiger charge is 2.29. The summed E-state index contributed by atoms with van der Waals surface area (Å²) in [5, 5.41) is 3.73. The van der Waals surface area contributed by atoms with Gasteiger partial charge < -0.3 is 9.26 Å². The van der Waals surface area contributed by atoms with Crippen molar-refractivity contribution in [1.29, 1.82) is 0 Å². The first-order valence-corrected chi connectivity index (χ1v) is 10.9. The molecule has 0 amide bonds. The van der Waals surface area contributed by atoms with Gasteiger partial charge in [0.25, 0.3) is 5.89 Å². The first-order valence-electron chi connectivity index (χ1n) is 9.48. The Kier molecular flexibility index (Phi) is 6.46. The van der Waals surface area contributed by atoms with Crippen molar-refractivity contribution < 1.29 is 22.5 Å². The van der Waals surface area contributed by atoms with Gasteiger partial charge in [-0.05, 0) is 37.1 Å². The van der Waals surface area contributed by atoms with Gasteiger partial charge in [-0.3, -0.25) is 0 Å². The van der Waals surface area contributed by atoms with Crippen LogP contribution in [0.15, 0.2) is 33.7 Å². The van der Waals surface area contributed by atoms with Crippen LogP contribution in [0.1, 0.15) is 61.1 Å². The maximum absolute atomic E-state index is 12.8. The Hall–Kier alpha value is -2.26. The smallest absolute Gasteiger partial charge is 0.338 e. The molecule has 2 aromatic rings. The van der Waals surface area contributed by atoms with Crippen molar-refractivity contribution in [2.45, 2.75) is 63.0 Å². The fourth-order valence-corrected chi connectivity index (χ4v) is 4.69. The maximum Gasteiger partial charge on any atom is 0.338 e. The van der Waals surface area contributed by atoms with Gasteiger partial charge in [0, 0.05) is 19.5 Å². The van der Waals surface area contributed by atoms with Gasteiger partial charge in [-0.15, -0.1) is 0 Å². The monoisotopic (exact) mass is 407 g/mol. The van der Waals surface area contributed by atoms with Crippen LogP contribution in [0.4, 0.5) is 0 Å². The Morgan fingerprint density at radius 3 is 2.50 bits per heavy atom. The van der Waals surface area contributed by atoms with Crippen LogP contribution in [0.2, 0.25) is 0 Å². The summed E-state index contributed by atoms with van der Waals surface area (Å²) in [7, 11) is -1.96. The van der Waals surface area contributed by atoms with Gasteiger partial charge >= 0.3 is 5.97 Å². The summed E-state index contributed by atoms with van der Waals surface area (Å²) in [4.78, 5) is 16.4. The van der Waals surface area contributed by atoms with E-state index >= 15 is 0 Å². The molecule has 1 heterocycles. The number of benzene rings is 1. The lowest BCUT2D eigenvalue weighted by Gasteiger charge is -2.30. The minimum atomic E-state index is -3.59. The Balaban J connectivity index is 1.63. The average Bonchev–Trinajstić information content (AvgIpc) is 3.20. The average molecular weight is 407 g/mol. The topological polar surface area (TPSA) is 103 Å². The zero-order valence-corrected chi connectivity index (χ0v) is 16.9. The minimum Gasteiger partial charge on any atom is -0.452 e. The van der Waals surface area contributed by atoms with Crippen LogP contribution in [0.25, 0.3) is 0 Å². The van der Waals surface area contributed by atoms with Crippen molar-refractivity contribution in [1.82, 2.24) is 14.4 Å². The first-order chi connectivity index (χ1) is 13.4. The highest BCUT2D eigenvalue weighted by Crippen LogP contribution is 2.26. The number of rotatable bonds is 7. The number of carbonyl (C=O) groups excluding carboxylic acids is 1. The van der Waals surface area contributed by atoms with Gasteiger partial charge in [-0.25, -0.2) is 13.2 Å². The molecule has 1 aliphatic carbocycles. The van der Waals surface area contributed by atoms with E-state index in [0.29, 0.717) is 12.2 Å². The molecular formula is C19H25N3O5S. The van der Waals surface area contributed by atoms with Crippen LogP contribution < -0.4 is 0 Å². The molecule has 0 spiro atoms. The van der Waals surface area contributed by atoms with Crippen molar-refractivity contribution in [3.8, 4) is 0 Å². The third-order valence-corrected chi connectivity index (χ3v) is 6.93. The second-order valence-electron chi connectivity index (χ2n) is 6.87. The number of aromatic nitrogens is 2. The van der Waals surface area contributed by atoms with E-state index in [4.69, 9.17) is 9.26 Å². The lowest BCUT2D eigenvalue weighted by atomic mass is 9.96. The van der Waals surface area contributed by atoms with Gasteiger partial charge in [-0.2, -0.15) is 9.29 Å². The van der Waals surface area contributed by atoms with E-state index in [-0.39, 0.29) is 29.0 Å². The molecule has 0 N–H and O–H groups in total. The largest absolute Gasteiger partial charge is 0.452 e. The molecule has 28 heavy (non-hydrogen) atoms. The number of carbonyl (C=O) groups is 1. The Bertz CT molecular complexity index is 902. The Morgan fingerprint density at radius 1 is 1.21 bits per heavy atom. The third-order valence-electron chi connectivity index (χ3n) is 5.01. The summed E-state index contributed by atoms with van der Waals surface area (Å²) >= 11 is 0. The zero-order chi connectivity index (χ0) is 20.1. The van der Waals surface area contributed by atoms with Crippen LogP contribution in [0.3, 0.4) is 0 Å². The summed E-state index contributed by atoms with van der Waals surface area (Å²) in [6, 6.07) is 5.82. The number of hydrogen-bond donors (Lipinski definition) is 0. The molecule has 152 valence electrons. The second kappa shape index (κ2) is 8.83. The van der Waals surface area contributed by atoms with E-state index in [1.54, 1.807) is 7.05 Å². The van der Waals surface area contributed by atoms with Crippen LogP contribution in [-0.2, 0) is 27.8 Å². The number of ether oxygens (including phenoxy) is 1. The molecule has 3 rings (SSSR count). The molecule has 1 aromatic heterocycles. The predicted molar refractivity (Wildman–Crippen MR) is 101 cm³/mol. The fraction of sp³-hybridized carbons (Fsp3) is 0.526. The first kappa shape index (κ1) is 20.5. The highest BCUT2D eigenvalue weighted by atomic mass is 32.2. The molecular weight excluding hydrogens is 382 g/mol. The van der Waals surface area contributed by atoms with Crippen molar-refractivity contribution >= 4 is 16.0 Å². The number of aryl methyl sites for hydroxylation is 1. The number of hydrogen-bond acceptors (Lipinski definition) is 7. The van der Waals surface area contributed by atoms with E-state index in [1.807, 2.05) is 6.92 Å². The van der Waals surface area contributed by atoms with E-state index < -0.39 is 16.0 Å². The molecule has 0 bridgehead atoms. The normalized spacial score (nSPS) is 15.7. The number of esters is 1. The minimum absolute atomic E-state index is 0.0332. The van der Waals surface area contributed by atoms with Crippen LogP contribution in [0, 0.1) is 0 Å². The van der Waals surface area contributed by atoms with E-state index in [9.17, 15) is 13.2 Å². The molecule has 0 radical (unpaired) electrons.